The largest absolute Gasteiger partial charge is 0.355 e. The van der Waals surface area contributed by atoms with Crippen molar-refractivity contribution in [3.8, 4) is 11.3 Å². The van der Waals surface area contributed by atoms with Crippen LogP contribution in [0.15, 0.2) is 78.0 Å². The van der Waals surface area contributed by atoms with Gasteiger partial charge in [0, 0.05) is 48.4 Å². The van der Waals surface area contributed by atoms with Gasteiger partial charge in [0.15, 0.2) is 5.82 Å². The van der Waals surface area contributed by atoms with Gasteiger partial charge in [-0.3, -0.25) is 4.79 Å². The summed E-state index contributed by atoms with van der Waals surface area (Å²) in [6.07, 6.45) is 7.38. The minimum atomic E-state index is 0.0382. The fourth-order valence-electron chi connectivity index (χ4n) is 4.33. The Morgan fingerprint density at radius 3 is 2.58 bits per heavy atom. The summed E-state index contributed by atoms with van der Waals surface area (Å²) in [5.74, 6) is 1.11. The van der Waals surface area contributed by atoms with E-state index in [0.29, 0.717) is 6.54 Å². The lowest BCUT2D eigenvalue weighted by atomic mass is 9.95. The third-order valence-corrected chi connectivity index (χ3v) is 6.97. The lowest BCUT2D eigenvalue weighted by Crippen LogP contribution is -2.40. The number of piperidine rings is 1. The van der Waals surface area contributed by atoms with E-state index >= 15 is 0 Å². The summed E-state index contributed by atoms with van der Waals surface area (Å²) in [5, 5.41) is 7.85. The zero-order valence-corrected chi connectivity index (χ0v) is 19.5. The van der Waals surface area contributed by atoms with Crippen LogP contribution in [0.5, 0.6) is 0 Å². The number of nitrogens with zero attached hydrogens (tertiary/aromatic N) is 4. The number of aromatic nitrogens is 3. The molecule has 1 amide bonds. The Morgan fingerprint density at radius 1 is 1.09 bits per heavy atom. The number of benzene rings is 2. The second kappa shape index (κ2) is 9.67. The first-order chi connectivity index (χ1) is 16.2. The van der Waals surface area contributed by atoms with Gasteiger partial charge in [-0.15, -0.1) is 11.8 Å². The zero-order valence-electron chi connectivity index (χ0n) is 18.6. The zero-order chi connectivity index (χ0) is 22.6. The van der Waals surface area contributed by atoms with Gasteiger partial charge in [-0.1, -0.05) is 42.5 Å². The summed E-state index contributed by atoms with van der Waals surface area (Å²) in [6.45, 7) is 2.19. The Bertz CT molecular complexity index is 1230. The van der Waals surface area contributed by atoms with Crippen molar-refractivity contribution in [2.75, 3.05) is 24.2 Å². The normalized spacial score (nSPS) is 14.5. The van der Waals surface area contributed by atoms with E-state index in [1.165, 1.54) is 4.90 Å². The van der Waals surface area contributed by atoms with E-state index in [-0.39, 0.29) is 11.8 Å². The first kappa shape index (κ1) is 21.5. The van der Waals surface area contributed by atoms with Crippen LogP contribution in [0.4, 0.5) is 5.82 Å². The predicted molar refractivity (Wildman–Crippen MR) is 133 cm³/mol. The molecule has 0 aliphatic carbocycles. The van der Waals surface area contributed by atoms with Crippen LogP contribution in [-0.4, -0.2) is 39.9 Å². The molecule has 3 heterocycles. The highest BCUT2D eigenvalue weighted by atomic mass is 32.2. The molecular weight excluding hydrogens is 430 g/mol. The van der Waals surface area contributed by atoms with Crippen LogP contribution in [0.1, 0.15) is 18.4 Å². The SMILES string of the molecule is CSc1ccc(CNC(=O)C2CCN(c3nccn4nc(-c5ccccc5)cc34)CC2)cc1. The van der Waals surface area contributed by atoms with Crippen molar-refractivity contribution in [1.82, 2.24) is 19.9 Å². The average Bonchev–Trinajstić information content (AvgIpc) is 3.33. The number of carbonyl (C=O) groups is 1. The van der Waals surface area contributed by atoms with Crippen LogP contribution < -0.4 is 10.2 Å². The Kier molecular flexibility index (Phi) is 6.30. The van der Waals surface area contributed by atoms with E-state index in [4.69, 9.17) is 5.10 Å². The summed E-state index contributed by atoms with van der Waals surface area (Å²) < 4.78 is 1.89. The van der Waals surface area contributed by atoms with Crippen LogP contribution in [0.25, 0.3) is 16.8 Å². The molecule has 33 heavy (non-hydrogen) atoms. The highest BCUT2D eigenvalue weighted by molar-refractivity contribution is 7.98. The molecule has 1 aliphatic heterocycles. The summed E-state index contributed by atoms with van der Waals surface area (Å²) in [7, 11) is 0. The lowest BCUT2D eigenvalue weighted by Gasteiger charge is -2.32. The monoisotopic (exact) mass is 457 g/mol. The topological polar surface area (TPSA) is 62.5 Å². The van der Waals surface area contributed by atoms with Crippen LogP contribution in [0, 0.1) is 5.92 Å². The smallest absolute Gasteiger partial charge is 0.223 e. The molecule has 0 bridgehead atoms. The maximum Gasteiger partial charge on any atom is 0.223 e. The number of hydrogen-bond donors (Lipinski definition) is 1. The molecule has 0 radical (unpaired) electrons. The van der Waals surface area contributed by atoms with Gasteiger partial charge < -0.3 is 10.2 Å². The number of hydrogen-bond acceptors (Lipinski definition) is 5. The number of thioether (sulfide) groups is 1. The first-order valence-electron chi connectivity index (χ1n) is 11.3. The van der Waals surface area contributed by atoms with Crippen molar-refractivity contribution in [2.45, 2.75) is 24.3 Å². The molecule has 0 spiro atoms. The van der Waals surface area contributed by atoms with Gasteiger partial charge >= 0.3 is 0 Å². The lowest BCUT2D eigenvalue weighted by molar-refractivity contribution is -0.125. The highest BCUT2D eigenvalue weighted by Crippen LogP contribution is 2.28. The average molecular weight is 458 g/mol. The number of carbonyl (C=O) groups excluding carboxylic acids is 1. The molecule has 2 aromatic heterocycles. The van der Waals surface area contributed by atoms with E-state index in [9.17, 15) is 4.79 Å². The van der Waals surface area contributed by atoms with Crippen LogP contribution in [0.3, 0.4) is 0 Å². The van der Waals surface area contributed by atoms with Crippen LogP contribution >= 0.6 is 11.8 Å². The highest BCUT2D eigenvalue weighted by Gasteiger charge is 2.26. The Balaban J connectivity index is 1.22. The second-order valence-electron chi connectivity index (χ2n) is 8.30. The summed E-state index contributed by atoms with van der Waals surface area (Å²) >= 11 is 1.72. The summed E-state index contributed by atoms with van der Waals surface area (Å²) in [5.41, 5.74) is 4.15. The van der Waals surface area contributed by atoms with Gasteiger partial charge in [0.05, 0.1) is 5.69 Å². The fourth-order valence-corrected chi connectivity index (χ4v) is 4.74. The van der Waals surface area contributed by atoms with Crippen molar-refractivity contribution < 1.29 is 4.79 Å². The molecule has 0 saturated carbocycles. The molecule has 6 nitrogen and oxygen atoms in total. The number of amides is 1. The third kappa shape index (κ3) is 4.73. The quantitative estimate of drug-likeness (QED) is 0.427. The van der Waals surface area contributed by atoms with Gasteiger partial charge in [-0.25, -0.2) is 9.50 Å². The molecule has 4 aromatic rings. The molecule has 5 rings (SSSR count). The Morgan fingerprint density at radius 2 is 1.85 bits per heavy atom. The van der Waals surface area contributed by atoms with E-state index in [1.807, 2.05) is 28.9 Å². The van der Waals surface area contributed by atoms with E-state index in [2.05, 4.69) is 63.9 Å². The molecule has 1 aliphatic rings. The van der Waals surface area contributed by atoms with Crippen molar-refractivity contribution in [2.24, 2.45) is 5.92 Å². The standard InChI is InChI=1S/C26H27N5OS/c1-33-22-9-7-19(8-10-22)18-28-26(32)21-11-14-30(15-12-21)25-24-17-23(20-5-3-2-4-6-20)29-31(24)16-13-27-25/h2-10,13,16-17,21H,11-12,14-15,18H2,1H3,(H,28,32). The minimum absolute atomic E-state index is 0.0382. The molecule has 0 unspecified atom stereocenters. The summed E-state index contributed by atoms with van der Waals surface area (Å²) in [4.78, 5) is 20.9. The molecule has 7 heteroatoms. The number of anilines is 1. The third-order valence-electron chi connectivity index (χ3n) is 6.23. The minimum Gasteiger partial charge on any atom is -0.355 e. The Labute approximate surface area is 198 Å². The van der Waals surface area contributed by atoms with Crippen molar-refractivity contribution in [3.05, 3.63) is 78.6 Å². The second-order valence-corrected chi connectivity index (χ2v) is 9.18. The molecule has 1 saturated heterocycles. The van der Waals surface area contributed by atoms with Crippen molar-refractivity contribution >= 4 is 29.0 Å². The van der Waals surface area contributed by atoms with E-state index < -0.39 is 0 Å². The molecule has 2 aromatic carbocycles. The van der Waals surface area contributed by atoms with Gasteiger partial charge in [-0.2, -0.15) is 5.10 Å². The summed E-state index contributed by atoms with van der Waals surface area (Å²) in [6, 6.07) is 20.6. The predicted octanol–water partition coefficient (Wildman–Crippen LogP) is 4.65. The molecule has 1 fully saturated rings. The van der Waals surface area contributed by atoms with Crippen LogP contribution in [-0.2, 0) is 11.3 Å². The van der Waals surface area contributed by atoms with Gasteiger partial charge in [0.1, 0.15) is 5.52 Å². The maximum absolute atomic E-state index is 12.7. The Hall–Kier alpha value is -3.32. The van der Waals surface area contributed by atoms with Crippen LogP contribution in [0.2, 0.25) is 0 Å². The van der Waals surface area contributed by atoms with Crippen molar-refractivity contribution in [3.63, 3.8) is 0 Å². The van der Waals surface area contributed by atoms with E-state index in [0.717, 1.165) is 54.1 Å². The number of fused-ring (bicyclic) bond motifs is 1. The molecule has 0 atom stereocenters. The van der Waals surface area contributed by atoms with Gasteiger partial charge in [0.25, 0.3) is 0 Å². The van der Waals surface area contributed by atoms with Crippen molar-refractivity contribution in [1.29, 1.82) is 0 Å². The molecular formula is C26H27N5OS. The first-order valence-corrected chi connectivity index (χ1v) is 12.5. The van der Waals surface area contributed by atoms with E-state index in [1.54, 1.807) is 18.0 Å². The fraction of sp³-hybridized carbons (Fsp3) is 0.269. The molecule has 1 N–H and O–H groups in total. The maximum atomic E-state index is 12.7. The van der Waals surface area contributed by atoms with Gasteiger partial charge in [-0.05, 0) is 42.9 Å². The van der Waals surface area contributed by atoms with Gasteiger partial charge in [0.2, 0.25) is 5.91 Å². The number of nitrogens with one attached hydrogen (secondary N) is 1. The number of rotatable bonds is 6. The molecule has 168 valence electrons.